The van der Waals surface area contributed by atoms with Crippen LogP contribution in [0.2, 0.25) is 0 Å². The number of nitrogens with two attached hydrogens (primary N) is 1. The molecular formula is C10H14N2O2S. The van der Waals surface area contributed by atoms with Crippen LogP contribution >= 0.6 is 12.2 Å². The fourth-order valence-corrected chi connectivity index (χ4v) is 1.15. The average molecular weight is 226 g/mol. The molecule has 1 aromatic rings. The zero-order valence-corrected chi connectivity index (χ0v) is 9.56. The third-order valence-corrected chi connectivity index (χ3v) is 2.56. The highest BCUT2D eigenvalue weighted by Crippen LogP contribution is 2.08. The van der Waals surface area contributed by atoms with E-state index in [0.717, 1.165) is 0 Å². The predicted molar refractivity (Wildman–Crippen MR) is 61.7 cm³/mol. The molecule has 0 aliphatic carbocycles. The van der Waals surface area contributed by atoms with Crippen molar-refractivity contribution >= 4 is 23.1 Å². The molecule has 1 amide bonds. The molecule has 3 N–H and O–H groups in total. The number of carbonyl (C=O) groups is 1. The highest BCUT2D eigenvalue weighted by molar-refractivity contribution is 7.80. The number of hydrogen-bond donors (Lipinski definition) is 2. The van der Waals surface area contributed by atoms with E-state index in [1.165, 1.54) is 6.26 Å². The Kier molecular flexibility index (Phi) is 3.85. The Morgan fingerprint density at radius 1 is 1.73 bits per heavy atom. The van der Waals surface area contributed by atoms with Crippen molar-refractivity contribution in [1.82, 2.24) is 5.32 Å². The van der Waals surface area contributed by atoms with Gasteiger partial charge in [0, 0.05) is 12.5 Å². The Balaban J connectivity index is 2.51. The van der Waals surface area contributed by atoms with E-state index in [9.17, 15) is 4.79 Å². The molecule has 0 radical (unpaired) electrons. The standard InChI is InChI=1S/C10H14N2O2S/c1-6(9(11)15)5-12-10(13)8-3-4-14-7(8)2/h3-4,6H,5H2,1-2H3,(H2,11,15)(H,12,13). The number of nitrogens with one attached hydrogen (secondary N) is 1. The molecule has 0 bridgehead atoms. The molecule has 1 aromatic heterocycles. The van der Waals surface area contributed by atoms with E-state index in [1.807, 2.05) is 6.92 Å². The lowest BCUT2D eigenvalue weighted by atomic mass is 10.1. The quantitative estimate of drug-likeness (QED) is 0.758. The maximum atomic E-state index is 11.6. The summed E-state index contributed by atoms with van der Waals surface area (Å²) >= 11 is 4.80. The monoisotopic (exact) mass is 226 g/mol. The SMILES string of the molecule is Cc1occc1C(=O)NCC(C)C(N)=S. The van der Waals surface area contributed by atoms with E-state index in [4.69, 9.17) is 22.4 Å². The summed E-state index contributed by atoms with van der Waals surface area (Å²) < 4.78 is 5.03. The highest BCUT2D eigenvalue weighted by atomic mass is 32.1. The van der Waals surface area contributed by atoms with Crippen LogP contribution < -0.4 is 11.1 Å². The van der Waals surface area contributed by atoms with E-state index in [-0.39, 0.29) is 11.8 Å². The highest BCUT2D eigenvalue weighted by Gasteiger charge is 2.12. The second kappa shape index (κ2) is 4.93. The average Bonchev–Trinajstić information content (AvgIpc) is 2.60. The Labute approximate surface area is 93.8 Å². The third kappa shape index (κ3) is 3.06. The summed E-state index contributed by atoms with van der Waals surface area (Å²) in [6.07, 6.45) is 1.49. The van der Waals surface area contributed by atoms with E-state index in [1.54, 1.807) is 13.0 Å². The van der Waals surface area contributed by atoms with Crippen molar-refractivity contribution in [1.29, 1.82) is 0 Å². The molecule has 82 valence electrons. The molecule has 0 spiro atoms. The van der Waals surface area contributed by atoms with Gasteiger partial charge in [0.25, 0.3) is 5.91 Å². The van der Waals surface area contributed by atoms with Gasteiger partial charge in [-0.15, -0.1) is 0 Å². The number of furan rings is 1. The lowest BCUT2D eigenvalue weighted by Gasteiger charge is -2.10. The van der Waals surface area contributed by atoms with Gasteiger partial charge in [0.2, 0.25) is 0 Å². The normalized spacial score (nSPS) is 12.1. The van der Waals surface area contributed by atoms with Crippen molar-refractivity contribution in [2.75, 3.05) is 6.54 Å². The van der Waals surface area contributed by atoms with Gasteiger partial charge in [-0.25, -0.2) is 0 Å². The van der Waals surface area contributed by atoms with Crippen LogP contribution in [0.1, 0.15) is 23.0 Å². The molecule has 15 heavy (non-hydrogen) atoms. The lowest BCUT2D eigenvalue weighted by Crippen LogP contribution is -2.33. The largest absolute Gasteiger partial charge is 0.469 e. The molecule has 1 unspecified atom stereocenters. The molecule has 0 saturated heterocycles. The van der Waals surface area contributed by atoms with Gasteiger partial charge in [-0.05, 0) is 13.0 Å². The molecule has 0 aromatic carbocycles. The molecule has 5 heteroatoms. The third-order valence-electron chi connectivity index (χ3n) is 2.16. The topological polar surface area (TPSA) is 68.3 Å². The lowest BCUT2D eigenvalue weighted by molar-refractivity contribution is 0.0950. The summed E-state index contributed by atoms with van der Waals surface area (Å²) in [6, 6.07) is 1.64. The van der Waals surface area contributed by atoms with Crippen molar-refractivity contribution in [2.24, 2.45) is 11.7 Å². The van der Waals surface area contributed by atoms with Gasteiger partial charge in [0.05, 0.1) is 16.8 Å². The number of amides is 1. The maximum Gasteiger partial charge on any atom is 0.254 e. The summed E-state index contributed by atoms with van der Waals surface area (Å²) in [5.41, 5.74) is 5.98. The van der Waals surface area contributed by atoms with Crippen molar-refractivity contribution in [3.05, 3.63) is 23.7 Å². The number of rotatable bonds is 4. The minimum atomic E-state index is -0.163. The van der Waals surface area contributed by atoms with E-state index < -0.39 is 0 Å². The summed E-state index contributed by atoms with van der Waals surface area (Å²) in [5.74, 6) is 0.441. The van der Waals surface area contributed by atoms with Crippen molar-refractivity contribution in [3.63, 3.8) is 0 Å². The fourth-order valence-electron chi connectivity index (χ4n) is 1.06. The van der Waals surface area contributed by atoms with Crippen LogP contribution in [-0.4, -0.2) is 17.4 Å². The minimum absolute atomic E-state index is 0.00356. The van der Waals surface area contributed by atoms with Gasteiger partial charge >= 0.3 is 0 Å². The molecule has 1 rings (SSSR count). The molecule has 0 saturated carbocycles. The molecule has 0 aliphatic rings. The Bertz CT molecular complexity index is 373. The van der Waals surface area contributed by atoms with Crippen LogP contribution in [0.3, 0.4) is 0 Å². The van der Waals surface area contributed by atoms with Crippen LogP contribution in [0.25, 0.3) is 0 Å². The predicted octanol–water partition coefficient (Wildman–Crippen LogP) is 1.24. The van der Waals surface area contributed by atoms with Crippen molar-refractivity contribution < 1.29 is 9.21 Å². The first kappa shape index (κ1) is 11.7. The van der Waals surface area contributed by atoms with Gasteiger partial charge in [-0.3, -0.25) is 4.79 Å². The molecule has 1 atom stereocenters. The fraction of sp³-hybridized carbons (Fsp3) is 0.400. The van der Waals surface area contributed by atoms with Crippen LogP contribution in [0, 0.1) is 12.8 Å². The second-order valence-electron chi connectivity index (χ2n) is 3.40. The van der Waals surface area contributed by atoms with Crippen LogP contribution in [0.5, 0.6) is 0 Å². The van der Waals surface area contributed by atoms with Crippen molar-refractivity contribution in [2.45, 2.75) is 13.8 Å². The second-order valence-corrected chi connectivity index (χ2v) is 3.88. The number of thiocarbonyl (C=S) groups is 1. The molecule has 0 aliphatic heterocycles. The number of aryl methyl sites for hydroxylation is 1. The Morgan fingerprint density at radius 3 is 2.87 bits per heavy atom. The van der Waals surface area contributed by atoms with E-state index in [0.29, 0.717) is 22.9 Å². The summed E-state index contributed by atoms with van der Waals surface area (Å²) in [6.45, 7) is 4.05. The van der Waals surface area contributed by atoms with E-state index in [2.05, 4.69) is 5.32 Å². The summed E-state index contributed by atoms with van der Waals surface area (Å²) in [4.78, 5) is 12.0. The molecule has 0 fully saturated rings. The first-order chi connectivity index (χ1) is 7.02. The molecular weight excluding hydrogens is 212 g/mol. The van der Waals surface area contributed by atoms with Gasteiger partial charge < -0.3 is 15.5 Å². The zero-order valence-electron chi connectivity index (χ0n) is 8.74. The maximum absolute atomic E-state index is 11.6. The smallest absolute Gasteiger partial charge is 0.254 e. The van der Waals surface area contributed by atoms with Crippen LogP contribution in [0.15, 0.2) is 16.7 Å². The van der Waals surface area contributed by atoms with Gasteiger partial charge in [0.1, 0.15) is 5.76 Å². The number of carbonyl (C=O) groups excluding carboxylic acids is 1. The first-order valence-corrected chi connectivity index (χ1v) is 5.04. The number of hydrogen-bond acceptors (Lipinski definition) is 3. The minimum Gasteiger partial charge on any atom is -0.469 e. The van der Waals surface area contributed by atoms with Crippen LogP contribution in [0.4, 0.5) is 0 Å². The first-order valence-electron chi connectivity index (χ1n) is 4.64. The summed E-state index contributed by atoms with van der Waals surface area (Å²) in [5, 5.41) is 2.74. The zero-order chi connectivity index (χ0) is 11.4. The van der Waals surface area contributed by atoms with Gasteiger partial charge in [0.15, 0.2) is 0 Å². The Morgan fingerprint density at radius 2 is 2.40 bits per heavy atom. The van der Waals surface area contributed by atoms with Crippen LogP contribution in [-0.2, 0) is 0 Å². The molecule has 1 heterocycles. The van der Waals surface area contributed by atoms with E-state index >= 15 is 0 Å². The Hall–Kier alpha value is -1.36. The molecule has 4 nitrogen and oxygen atoms in total. The van der Waals surface area contributed by atoms with Crippen molar-refractivity contribution in [3.8, 4) is 0 Å². The van der Waals surface area contributed by atoms with Gasteiger partial charge in [-0.2, -0.15) is 0 Å². The van der Waals surface area contributed by atoms with Gasteiger partial charge in [-0.1, -0.05) is 19.1 Å². The summed E-state index contributed by atoms with van der Waals surface area (Å²) in [7, 11) is 0.